The summed E-state index contributed by atoms with van der Waals surface area (Å²) in [7, 11) is 1.44. The summed E-state index contributed by atoms with van der Waals surface area (Å²) in [6, 6.07) is 8.82. The van der Waals surface area contributed by atoms with E-state index in [1.54, 1.807) is 0 Å². The fourth-order valence-electron chi connectivity index (χ4n) is 2.60. The van der Waals surface area contributed by atoms with Gasteiger partial charge in [0.25, 0.3) is 12.3 Å². The molecule has 25 heavy (non-hydrogen) atoms. The van der Waals surface area contributed by atoms with Crippen LogP contribution < -0.4 is 0 Å². The molecule has 0 aliphatic rings. The summed E-state index contributed by atoms with van der Waals surface area (Å²) < 4.78 is 37.1. The van der Waals surface area contributed by atoms with Crippen LogP contribution >= 0.6 is 0 Å². The minimum Gasteiger partial charge on any atom is -0.356 e. The molecule has 0 saturated carbocycles. The molecule has 0 radical (unpaired) electrons. The van der Waals surface area contributed by atoms with Crippen LogP contribution in [0, 0.1) is 0 Å². The van der Waals surface area contributed by atoms with Crippen LogP contribution in [0.15, 0.2) is 39.4 Å². The molecule has 0 aliphatic heterocycles. The number of aryl methyl sites for hydroxylation is 3. The van der Waals surface area contributed by atoms with E-state index in [0.717, 1.165) is 21.3 Å². The maximum atomic E-state index is 12.8. The fraction of sp³-hybridized carbons (Fsp3) is 0.250. The third-order valence-electron chi connectivity index (χ3n) is 3.86. The van der Waals surface area contributed by atoms with E-state index < -0.39 is 6.43 Å². The Morgan fingerprint density at radius 3 is 2.76 bits per heavy atom. The van der Waals surface area contributed by atoms with Crippen molar-refractivity contribution in [3.05, 3.63) is 47.5 Å². The van der Waals surface area contributed by atoms with Crippen molar-refractivity contribution < 1.29 is 17.8 Å². The van der Waals surface area contributed by atoms with Gasteiger partial charge in [0.2, 0.25) is 0 Å². The van der Waals surface area contributed by atoms with Gasteiger partial charge in [-0.3, -0.25) is 4.68 Å². The molecule has 4 rings (SSSR count). The van der Waals surface area contributed by atoms with Gasteiger partial charge in [-0.1, -0.05) is 22.4 Å². The molecule has 0 unspecified atom stereocenters. The van der Waals surface area contributed by atoms with Crippen molar-refractivity contribution in [3.63, 3.8) is 0 Å². The molecule has 0 bridgehead atoms. The Bertz CT molecular complexity index is 1020. The van der Waals surface area contributed by atoms with E-state index in [0.29, 0.717) is 18.7 Å². The lowest BCUT2D eigenvalue weighted by atomic mass is 10.1. The largest absolute Gasteiger partial charge is 0.356 e. The fourth-order valence-corrected chi connectivity index (χ4v) is 2.60. The quantitative estimate of drug-likeness (QED) is 0.552. The molecular formula is C16H13F2N5O2. The Morgan fingerprint density at radius 1 is 1.12 bits per heavy atom. The number of alkyl halides is 2. The number of benzene rings is 1. The standard InChI is InChI=1S/C16H13F2N5O2/c1-23-12(15(17)18)8-11(20-23)16-19-14(22-25-16)7-6-10-9-4-2-3-5-13(9)24-21-10/h2-5,8,15H,6-7H2,1H3. The molecule has 0 N–H and O–H groups in total. The number of halogens is 2. The van der Waals surface area contributed by atoms with Crippen LogP contribution in [0.5, 0.6) is 0 Å². The lowest BCUT2D eigenvalue weighted by molar-refractivity contribution is 0.141. The summed E-state index contributed by atoms with van der Waals surface area (Å²) in [5.41, 5.74) is 1.55. The molecular weight excluding hydrogens is 332 g/mol. The lowest BCUT2D eigenvalue weighted by Gasteiger charge is -1.96. The maximum absolute atomic E-state index is 12.8. The minimum absolute atomic E-state index is 0.113. The predicted molar refractivity (Wildman–Crippen MR) is 82.9 cm³/mol. The highest BCUT2D eigenvalue weighted by Gasteiger charge is 2.19. The van der Waals surface area contributed by atoms with Gasteiger partial charge in [-0.2, -0.15) is 10.1 Å². The molecule has 3 aromatic heterocycles. The summed E-state index contributed by atoms with van der Waals surface area (Å²) in [5.74, 6) is 0.564. The third-order valence-corrected chi connectivity index (χ3v) is 3.86. The molecule has 7 nitrogen and oxygen atoms in total. The Labute approximate surface area is 140 Å². The molecule has 0 saturated heterocycles. The second kappa shape index (κ2) is 6.08. The summed E-state index contributed by atoms with van der Waals surface area (Å²) in [6.07, 6.45) is -1.57. The average molecular weight is 345 g/mol. The molecule has 4 aromatic rings. The first-order chi connectivity index (χ1) is 12.1. The van der Waals surface area contributed by atoms with Gasteiger partial charge in [0.15, 0.2) is 17.1 Å². The van der Waals surface area contributed by atoms with E-state index >= 15 is 0 Å². The first-order valence-corrected chi connectivity index (χ1v) is 7.60. The molecule has 0 amide bonds. The summed E-state index contributed by atoms with van der Waals surface area (Å²) in [4.78, 5) is 4.22. The molecule has 128 valence electrons. The third kappa shape index (κ3) is 2.88. The zero-order valence-corrected chi connectivity index (χ0v) is 13.2. The first-order valence-electron chi connectivity index (χ1n) is 7.60. The average Bonchev–Trinajstić information content (AvgIpc) is 3.30. The van der Waals surface area contributed by atoms with Crippen molar-refractivity contribution in [2.45, 2.75) is 19.3 Å². The molecule has 3 heterocycles. The van der Waals surface area contributed by atoms with E-state index in [2.05, 4.69) is 20.4 Å². The molecule has 0 fully saturated rings. The summed E-state index contributed by atoms with van der Waals surface area (Å²) >= 11 is 0. The van der Waals surface area contributed by atoms with E-state index in [-0.39, 0.29) is 17.3 Å². The number of hydrogen-bond donors (Lipinski definition) is 0. The van der Waals surface area contributed by atoms with Crippen molar-refractivity contribution in [1.82, 2.24) is 25.1 Å². The first kappa shape index (κ1) is 15.4. The smallest absolute Gasteiger partial charge is 0.280 e. The number of hydrogen-bond acceptors (Lipinski definition) is 6. The van der Waals surface area contributed by atoms with Gasteiger partial charge in [0.1, 0.15) is 5.69 Å². The van der Waals surface area contributed by atoms with Crippen molar-refractivity contribution in [1.29, 1.82) is 0 Å². The zero-order chi connectivity index (χ0) is 17.4. The van der Waals surface area contributed by atoms with Crippen molar-refractivity contribution >= 4 is 11.0 Å². The van der Waals surface area contributed by atoms with E-state index in [1.807, 2.05) is 24.3 Å². The highest BCUT2D eigenvalue weighted by molar-refractivity contribution is 5.79. The van der Waals surface area contributed by atoms with Crippen LogP contribution in [-0.2, 0) is 19.9 Å². The monoisotopic (exact) mass is 345 g/mol. The van der Waals surface area contributed by atoms with Gasteiger partial charge in [-0.25, -0.2) is 8.78 Å². The second-order valence-electron chi connectivity index (χ2n) is 5.52. The zero-order valence-electron chi connectivity index (χ0n) is 13.2. The van der Waals surface area contributed by atoms with Gasteiger partial charge >= 0.3 is 0 Å². The molecule has 0 aliphatic carbocycles. The van der Waals surface area contributed by atoms with E-state index in [4.69, 9.17) is 9.05 Å². The second-order valence-corrected chi connectivity index (χ2v) is 5.52. The van der Waals surface area contributed by atoms with Gasteiger partial charge < -0.3 is 9.05 Å². The van der Waals surface area contributed by atoms with E-state index in [9.17, 15) is 8.78 Å². The van der Waals surface area contributed by atoms with Crippen LogP contribution in [-0.4, -0.2) is 25.1 Å². The number of fused-ring (bicyclic) bond motifs is 1. The summed E-state index contributed by atoms with van der Waals surface area (Å²) in [6.45, 7) is 0. The lowest BCUT2D eigenvalue weighted by Crippen LogP contribution is -1.97. The van der Waals surface area contributed by atoms with Gasteiger partial charge in [-0.15, -0.1) is 0 Å². The predicted octanol–water partition coefficient (Wildman–Crippen LogP) is 3.33. The van der Waals surface area contributed by atoms with E-state index in [1.165, 1.54) is 13.1 Å². The maximum Gasteiger partial charge on any atom is 0.280 e. The Balaban J connectivity index is 1.51. The SMILES string of the molecule is Cn1nc(-c2nc(CCc3noc4ccccc34)no2)cc1C(F)F. The van der Waals surface area contributed by atoms with Crippen molar-refractivity contribution in [3.8, 4) is 11.6 Å². The number of nitrogens with zero attached hydrogens (tertiary/aromatic N) is 5. The molecule has 1 aromatic carbocycles. The molecule has 9 heteroatoms. The van der Waals surface area contributed by atoms with Crippen molar-refractivity contribution in [2.24, 2.45) is 7.05 Å². The van der Waals surface area contributed by atoms with Gasteiger partial charge in [0, 0.05) is 25.3 Å². The highest BCUT2D eigenvalue weighted by atomic mass is 19.3. The Hall–Kier alpha value is -3.10. The summed E-state index contributed by atoms with van der Waals surface area (Å²) in [5, 5.41) is 12.8. The van der Waals surface area contributed by atoms with Crippen LogP contribution in [0.1, 0.15) is 23.6 Å². The van der Waals surface area contributed by atoms with Gasteiger partial charge in [-0.05, 0) is 18.2 Å². The van der Waals surface area contributed by atoms with Crippen LogP contribution in [0.4, 0.5) is 8.78 Å². The van der Waals surface area contributed by atoms with Gasteiger partial charge in [0.05, 0.1) is 5.69 Å². The minimum atomic E-state index is -2.62. The number of para-hydroxylation sites is 1. The normalized spacial score (nSPS) is 11.7. The Morgan fingerprint density at radius 2 is 1.96 bits per heavy atom. The van der Waals surface area contributed by atoms with Crippen LogP contribution in [0.2, 0.25) is 0 Å². The van der Waals surface area contributed by atoms with Crippen molar-refractivity contribution in [2.75, 3.05) is 0 Å². The topological polar surface area (TPSA) is 82.8 Å². The molecule has 0 atom stereocenters. The molecule has 0 spiro atoms. The number of aromatic nitrogens is 5. The Kier molecular flexibility index (Phi) is 3.75. The highest BCUT2D eigenvalue weighted by Crippen LogP contribution is 2.24. The van der Waals surface area contributed by atoms with Crippen LogP contribution in [0.25, 0.3) is 22.6 Å². The van der Waals surface area contributed by atoms with Crippen LogP contribution in [0.3, 0.4) is 0 Å². The number of rotatable bonds is 5.